The summed E-state index contributed by atoms with van der Waals surface area (Å²) in [6, 6.07) is 9.79. The van der Waals surface area contributed by atoms with E-state index in [0.29, 0.717) is 5.75 Å². The minimum absolute atomic E-state index is 0.0203. The SMILES string of the molecule is [B]c1cc(NC(=O)Oc2ccccc2)c(C(=O)OCC)o1. The normalized spacial score (nSPS) is 9.95. The van der Waals surface area contributed by atoms with Crippen molar-refractivity contribution in [3.05, 3.63) is 42.2 Å². The number of hydrogen-bond donors (Lipinski definition) is 1. The molecular formula is C14H12BNO5. The van der Waals surface area contributed by atoms with Crippen molar-refractivity contribution in [3.8, 4) is 5.75 Å². The third kappa shape index (κ3) is 3.88. The lowest BCUT2D eigenvalue weighted by molar-refractivity contribution is 0.0493. The summed E-state index contributed by atoms with van der Waals surface area (Å²) in [5.41, 5.74) is 0.0694. The van der Waals surface area contributed by atoms with Crippen LogP contribution in [-0.4, -0.2) is 26.5 Å². The van der Waals surface area contributed by atoms with Crippen molar-refractivity contribution >= 4 is 31.3 Å². The van der Waals surface area contributed by atoms with E-state index >= 15 is 0 Å². The van der Waals surface area contributed by atoms with E-state index in [0.717, 1.165) is 0 Å². The number of para-hydroxylation sites is 1. The first-order valence-corrected chi connectivity index (χ1v) is 6.20. The van der Waals surface area contributed by atoms with Gasteiger partial charge in [0, 0.05) is 0 Å². The van der Waals surface area contributed by atoms with Crippen LogP contribution < -0.4 is 15.7 Å². The minimum Gasteiger partial charge on any atom is -0.464 e. The lowest BCUT2D eigenvalue weighted by atomic mass is 10.1. The van der Waals surface area contributed by atoms with Crippen molar-refractivity contribution < 1.29 is 23.5 Å². The summed E-state index contributed by atoms with van der Waals surface area (Å²) in [5, 5.41) is 2.38. The zero-order valence-electron chi connectivity index (χ0n) is 11.3. The number of anilines is 1. The van der Waals surface area contributed by atoms with Gasteiger partial charge >= 0.3 is 12.1 Å². The van der Waals surface area contributed by atoms with Crippen LogP contribution in [0.4, 0.5) is 10.5 Å². The summed E-state index contributed by atoms with van der Waals surface area (Å²) >= 11 is 0. The number of hydrogen-bond acceptors (Lipinski definition) is 5. The van der Waals surface area contributed by atoms with E-state index in [2.05, 4.69) is 5.32 Å². The van der Waals surface area contributed by atoms with E-state index in [9.17, 15) is 9.59 Å². The first kappa shape index (κ1) is 14.7. The molecule has 21 heavy (non-hydrogen) atoms. The zero-order chi connectivity index (χ0) is 15.2. The molecule has 0 aliphatic rings. The van der Waals surface area contributed by atoms with Gasteiger partial charge in [-0.25, -0.2) is 9.59 Å². The van der Waals surface area contributed by atoms with Crippen LogP contribution >= 0.6 is 0 Å². The minimum atomic E-state index is -0.771. The van der Waals surface area contributed by atoms with E-state index in [1.165, 1.54) is 6.07 Å². The quantitative estimate of drug-likeness (QED) is 0.685. The second-order valence-electron chi connectivity index (χ2n) is 3.94. The number of esters is 1. The zero-order valence-corrected chi connectivity index (χ0v) is 11.3. The number of benzene rings is 1. The molecule has 0 aliphatic heterocycles. The molecule has 1 heterocycles. The first-order valence-electron chi connectivity index (χ1n) is 6.20. The average molecular weight is 285 g/mol. The number of carbonyl (C=O) groups excluding carboxylic acids is 2. The number of furan rings is 1. The molecule has 0 unspecified atom stereocenters. The summed E-state index contributed by atoms with van der Waals surface area (Å²) in [4.78, 5) is 23.4. The fourth-order valence-electron chi connectivity index (χ4n) is 1.58. The molecule has 7 heteroatoms. The number of rotatable bonds is 4. The Morgan fingerprint density at radius 3 is 2.67 bits per heavy atom. The largest absolute Gasteiger partial charge is 0.464 e. The molecule has 2 rings (SSSR count). The Morgan fingerprint density at radius 1 is 1.29 bits per heavy atom. The summed E-state index contributed by atoms with van der Waals surface area (Å²) in [7, 11) is 5.48. The molecule has 2 radical (unpaired) electrons. The third-order valence-electron chi connectivity index (χ3n) is 2.40. The lowest BCUT2D eigenvalue weighted by Gasteiger charge is -2.06. The number of ether oxygens (including phenoxy) is 2. The van der Waals surface area contributed by atoms with Gasteiger partial charge in [-0.05, 0) is 25.1 Å². The molecule has 1 aromatic carbocycles. The van der Waals surface area contributed by atoms with Gasteiger partial charge in [-0.15, -0.1) is 0 Å². The number of carbonyl (C=O) groups is 2. The second-order valence-corrected chi connectivity index (χ2v) is 3.94. The van der Waals surface area contributed by atoms with Crippen LogP contribution in [-0.2, 0) is 4.74 Å². The van der Waals surface area contributed by atoms with E-state index in [4.69, 9.17) is 21.7 Å². The van der Waals surface area contributed by atoms with Gasteiger partial charge < -0.3 is 13.9 Å². The van der Waals surface area contributed by atoms with Crippen LogP contribution in [0.3, 0.4) is 0 Å². The fraction of sp³-hybridized carbons (Fsp3) is 0.143. The van der Waals surface area contributed by atoms with E-state index in [-0.39, 0.29) is 23.7 Å². The van der Waals surface area contributed by atoms with Crippen molar-refractivity contribution in [2.24, 2.45) is 0 Å². The predicted molar refractivity (Wildman–Crippen MR) is 76.1 cm³/mol. The maximum absolute atomic E-state index is 11.8. The molecule has 0 spiro atoms. The summed E-state index contributed by atoms with van der Waals surface area (Å²) in [6.07, 6.45) is -0.771. The van der Waals surface area contributed by atoms with Crippen LogP contribution in [0.15, 0.2) is 40.8 Å². The van der Waals surface area contributed by atoms with E-state index in [1.54, 1.807) is 37.3 Å². The molecule has 0 saturated carbocycles. The molecule has 0 aliphatic carbocycles. The topological polar surface area (TPSA) is 77.8 Å². The number of nitrogens with one attached hydrogen (secondary N) is 1. The summed E-state index contributed by atoms with van der Waals surface area (Å²) < 4.78 is 14.9. The van der Waals surface area contributed by atoms with Crippen molar-refractivity contribution in [1.82, 2.24) is 0 Å². The Bertz CT molecular complexity index is 638. The highest BCUT2D eigenvalue weighted by molar-refractivity contribution is 6.30. The van der Waals surface area contributed by atoms with Gasteiger partial charge in [-0.2, -0.15) is 0 Å². The van der Waals surface area contributed by atoms with Gasteiger partial charge in [0.25, 0.3) is 0 Å². The number of amides is 1. The van der Waals surface area contributed by atoms with Gasteiger partial charge in [0.15, 0.2) is 7.85 Å². The first-order chi connectivity index (χ1) is 10.1. The maximum atomic E-state index is 11.8. The molecule has 6 nitrogen and oxygen atoms in total. The molecular weight excluding hydrogens is 273 g/mol. The summed E-state index contributed by atoms with van der Waals surface area (Å²) in [5.74, 6) is -0.535. The molecule has 0 bridgehead atoms. The van der Waals surface area contributed by atoms with Gasteiger partial charge in [0.2, 0.25) is 5.76 Å². The molecule has 0 atom stereocenters. The van der Waals surface area contributed by atoms with Crippen LogP contribution in [0, 0.1) is 0 Å². The highest BCUT2D eigenvalue weighted by Crippen LogP contribution is 2.17. The molecule has 1 amide bonds. The van der Waals surface area contributed by atoms with Crippen molar-refractivity contribution in [2.75, 3.05) is 11.9 Å². The molecule has 1 aromatic heterocycles. The van der Waals surface area contributed by atoms with Gasteiger partial charge in [0.05, 0.1) is 18.0 Å². The highest BCUT2D eigenvalue weighted by atomic mass is 16.6. The van der Waals surface area contributed by atoms with Crippen LogP contribution in [0.1, 0.15) is 17.5 Å². The Kier molecular flexibility index (Phi) is 4.66. The lowest BCUT2D eigenvalue weighted by Crippen LogP contribution is -2.18. The van der Waals surface area contributed by atoms with Gasteiger partial charge in [0.1, 0.15) is 5.75 Å². The van der Waals surface area contributed by atoms with Crippen LogP contribution in [0.5, 0.6) is 5.75 Å². The van der Waals surface area contributed by atoms with Gasteiger partial charge in [-0.1, -0.05) is 18.2 Å². The molecule has 0 fully saturated rings. The monoisotopic (exact) mass is 285 g/mol. The second kappa shape index (κ2) is 6.65. The Hall–Kier alpha value is -2.70. The van der Waals surface area contributed by atoms with Crippen LogP contribution in [0.25, 0.3) is 0 Å². The smallest absolute Gasteiger partial charge is 0.417 e. The highest BCUT2D eigenvalue weighted by Gasteiger charge is 2.20. The van der Waals surface area contributed by atoms with Crippen LogP contribution in [0.2, 0.25) is 0 Å². The Morgan fingerprint density at radius 2 is 2.00 bits per heavy atom. The third-order valence-corrected chi connectivity index (χ3v) is 2.40. The average Bonchev–Trinajstić information content (AvgIpc) is 2.81. The van der Waals surface area contributed by atoms with Crippen molar-refractivity contribution in [1.29, 1.82) is 0 Å². The van der Waals surface area contributed by atoms with Gasteiger partial charge in [-0.3, -0.25) is 5.32 Å². The Labute approximate surface area is 122 Å². The van der Waals surface area contributed by atoms with Crippen molar-refractivity contribution in [2.45, 2.75) is 6.92 Å². The van der Waals surface area contributed by atoms with E-state index in [1.807, 2.05) is 0 Å². The standard InChI is InChI=1S/C14H12BNO5/c1-2-19-13(17)12-10(8-11(15)21-12)16-14(18)20-9-6-4-3-5-7-9/h3-8H,2H2,1H3,(H,16,18). The Balaban J connectivity index is 2.09. The molecule has 2 aromatic rings. The molecule has 106 valence electrons. The maximum Gasteiger partial charge on any atom is 0.417 e. The summed E-state index contributed by atoms with van der Waals surface area (Å²) in [6.45, 7) is 1.83. The van der Waals surface area contributed by atoms with E-state index < -0.39 is 12.1 Å². The van der Waals surface area contributed by atoms with Crippen molar-refractivity contribution in [3.63, 3.8) is 0 Å². The fourth-order valence-corrected chi connectivity index (χ4v) is 1.58. The predicted octanol–water partition coefficient (Wildman–Crippen LogP) is 1.86. The molecule has 1 N–H and O–H groups in total. The molecule has 0 saturated heterocycles.